The maximum absolute atomic E-state index is 12.1. The van der Waals surface area contributed by atoms with Gasteiger partial charge in [-0.3, -0.25) is 4.79 Å². The van der Waals surface area contributed by atoms with Gasteiger partial charge in [0.2, 0.25) is 15.9 Å². The Bertz CT molecular complexity index is 596. The number of rotatable bonds is 5. The lowest BCUT2D eigenvalue weighted by atomic mass is 10.2. The van der Waals surface area contributed by atoms with Gasteiger partial charge in [0.1, 0.15) is 0 Å². The third-order valence-electron chi connectivity index (χ3n) is 3.69. The highest BCUT2D eigenvalue weighted by molar-refractivity contribution is 7.88. The predicted octanol–water partition coefficient (Wildman–Crippen LogP) is 0.869. The van der Waals surface area contributed by atoms with Gasteiger partial charge in [0.15, 0.2) is 0 Å². The van der Waals surface area contributed by atoms with Crippen LogP contribution in [-0.4, -0.2) is 37.9 Å². The number of sulfonamides is 1. The molecule has 0 unspecified atom stereocenters. The van der Waals surface area contributed by atoms with Crippen molar-refractivity contribution in [3.8, 4) is 0 Å². The molecule has 1 saturated carbocycles. The first-order valence-electron chi connectivity index (χ1n) is 6.87. The van der Waals surface area contributed by atoms with Gasteiger partial charge in [0.25, 0.3) is 0 Å². The average molecular weight is 294 g/mol. The number of nitrogens with zero attached hydrogens (tertiary/aromatic N) is 1. The Morgan fingerprint density at radius 2 is 1.90 bits per heavy atom. The summed E-state index contributed by atoms with van der Waals surface area (Å²) in [5, 5.41) is 0. The van der Waals surface area contributed by atoms with E-state index in [9.17, 15) is 13.2 Å². The summed E-state index contributed by atoms with van der Waals surface area (Å²) in [5.74, 6) is 0.0296. The molecule has 5 nitrogen and oxygen atoms in total. The molecule has 0 aromatic heterocycles. The monoisotopic (exact) mass is 294 g/mol. The Kier molecular flexibility index (Phi) is 3.52. The molecule has 1 aliphatic heterocycles. The van der Waals surface area contributed by atoms with E-state index in [1.165, 1.54) is 0 Å². The maximum Gasteiger partial charge on any atom is 0.224 e. The Balaban J connectivity index is 1.61. The molecule has 1 amide bonds. The lowest BCUT2D eigenvalue weighted by Crippen LogP contribution is -2.38. The second-order valence-corrected chi connectivity index (χ2v) is 7.29. The highest BCUT2D eigenvalue weighted by atomic mass is 32.2. The van der Waals surface area contributed by atoms with Crippen LogP contribution < -0.4 is 4.72 Å². The van der Waals surface area contributed by atoms with Crippen molar-refractivity contribution in [3.05, 3.63) is 35.9 Å². The van der Waals surface area contributed by atoms with Gasteiger partial charge < -0.3 is 4.90 Å². The average Bonchev–Trinajstić information content (AvgIpc) is 3.15. The largest absolute Gasteiger partial charge is 0.338 e. The second kappa shape index (κ2) is 5.18. The number of benzene rings is 1. The van der Waals surface area contributed by atoms with Crippen molar-refractivity contribution < 1.29 is 13.2 Å². The quantitative estimate of drug-likeness (QED) is 0.876. The first kappa shape index (κ1) is 13.6. The summed E-state index contributed by atoms with van der Waals surface area (Å²) in [4.78, 5) is 13.6. The Morgan fingerprint density at radius 1 is 1.20 bits per heavy atom. The summed E-state index contributed by atoms with van der Waals surface area (Å²) >= 11 is 0. The van der Waals surface area contributed by atoms with E-state index in [4.69, 9.17) is 0 Å². The van der Waals surface area contributed by atoms with E-state index < -0.39 is 10.0 Å². The first-order valence-corrected chi connectivity index (χ1v) is 8.52. The van der Waals surface area contributed by atoms with Crippen LogP contribution in [0.4, 0.5) is 0 Å². The number of likely N-dealkylation sites (tertiary alicyclic amines) is 1. The van der Waals surface area contributed by atoms with Crippen LogP contribution in [0.15, 0.2) is 30.3 Å². The van der Waals surface area contributed by atoms with Crippen molar-refractivity contribution in [2.45, 2.75) is 37.1 Å². The van der Waals surface area contributed by atoms with Gasteiger partial charge in [-0.15, -0.1) is 0 Å². The molecule has 0 radical (unpaired) electrons. The minimum atomic E-state index is -3.40. The van der Waals surface area contributed by atoms with Gasteiger partial charge in [0.05, 0.1) is 5.75 Å². The van der Waals surface area contributed by atoms with Gasteiger partial charge in [-0.1, -0.05) is 30.3 Å². The molecule has 1 aromatic carbocycles. The molecule has 1 aromatic rings. The number of nitrogens with one attached hydrogen (secondary N) is 1. The minimum Gasteiger partial charge on any atom is -0.338 e. The number of amides is 1. The number of carbonyl (C=O) groups is 1. The van der Waals surface area contributed by atoms with Crippen molar-refractivity contribution >= 4 is 15.9 Å². The van der Waals surface area contributed by atoms with E-state index in [0.717, 1.165) is 18.4 Å². The van der Waals surface area contributed by atoms with Crippen molar-refractivity contribution in [1.82, 2.24) is 9.62 Å². The van der Waals surface area contributed by atoms with Crippen molar-refractivity contribution in [3.63, 3.8) is 0 Å². The molecule has 1 saturated heterocycles. The van der Waals surface area contributed by atoms with Gasteiger partial charge in [0, 0.05) is 25.0 Å². The first-order chi connectivity index (χ1) is 9.53. The number of carbonyl (C=O) groups excluding carboxylic acids is 1. The molecule has 0 spiro atoms. The van der Waals surface area contributed by atoms with Crippen molar-refractivity contribution in [2.75, 3.05) is 6.54 Å². The van der Waals surface area contributed by atoms with Crippen LogP contribution >= 0.6 is 0 Å². The van der Waals surface area contributed by atoms with Crippen LogP contribution in [-0.2, 0) is 20.6 Å². The highest BCUT2D eigenvalue weighted by Crippen LogP contribution is 2.30. The van der Waals surface area contributed by atoms with E-state index in [2.05, 4.69) is 4.72 Å². The summed E-state index contributed by atoms with van der Waals surface area (Å²) in [6.45, 7) is 0.511. The molecule has 2 fully saturated rings. The van der Waals surface area contributed by atoms with E-state index in [0.29, 0.717) is 12.6 Å². The predicted molar refractivity (Wildman–Crippen MR) is 75.3 cm³/mol. The zero-order valence-corrected chi connectivity index (χ0v) is 12.0. The standard InChI is InChI=1S/C14H18N2O3S/c17-14-8-12(9-16(14)13-6-7-13)15-20(18,19)10-11-4-2-1-3-5-11/h1-5,12-13,15H,6-10H2/t12-/m1/s1. The highest BCUT2D eigenvalue weighted by Gasteiger charge is 2.40. The maximum atomic E-state index is 12.1. The SMILES string of the molecule is O=C1C[C@@H](NS(=O)(=O)Cc2ccccc2)CN1C1CC1. The summed E-state index contributed by atoms with van der Waals surface area (Å²) in [5.41, 5.74) is 0.753. The Morgan fingerprint density at radius 3 is 2.55 bits per heavy atom. The van der Waals surface area contributed by atoms with Crippen LogP contribution in [0, 0.1) is 0 Å². The summed E-state index contributed by atoms with van der Waals surface area (Å²) in [6.07, 6.45) is 2.38. The molecule has 1 atom stereocenters. The van der Waals surface area contributed by atoms with Crippen LogP contribution in [0.1, 0.15) is 24.8 Å². The third-order valence-corrected chi connectivity index (χ3v) is 5.10. The van der Waals surface area contributed by atoms with Gasteiger partial charge in [-0.25, -0.2) is 13.1 Å². The zero-order chi connectivity index (χ0) is 14.2. The van der Waals surface area contributed by atoms with Gasteiger partial charge in [-0.05, 0) is 18.4 Å². The molecule has 2 aliphatic rings. The van der Waals surface area contributed by atoms with Crippen molar-refractivity contribution in [1.29, 1.82) is 0 Å². The molecule has 1 N–H and O–H groups in total. The number of hydrogen-bond acceptors (Lipinski definition) is 3. The zero-order valence-electron chi connectivity index (χ0n) is 11.2. The molecule has 1 aliphatic carbocycles. The fraction of sp³-hybridized carbons (Fsp3) is 0.500. The molecular formula is C14H18N2O3S. The van der Waals surface area contributed by atoms with Crippen LogP contribution in [0.2, 0.25) is 0 Å². The van der Waals surface area contributed by atoms with E-state index >= 15 is 0 Å². The molecule has 3 rings (SSSR count). The Hall–Kier alpha value is -1.40. The molecule has 108 valence electrons. The second-order valence-electron chi connectivity index (χ2n) is 5.54. The van der Waals surface area contributed by atoms with Crippen LogP contribution in [0.5, 0.6) is 0 Å². The fourth-order valence-electron chi connectivity index (χ4n) is 2.64. The molecule has 6 heteroatoms. The lowest BCUT2D eigenvalue weighted by molar-refractivity contribution is -0.128. The summed E-state index contributed by atoms with van der Waals surface area (Å²) < 4.78 is 26.9. The Labute approximate surface area is 119 Å². The smallest absolute Gasteiger partial charge is 0.224 e. The third kappa shape index (κ3) is 3.19. The van der Waals surface area contributed by atoms with E-state index in [1.807, 2.05) is 23.1 Å². The van der Waals surface area contributed by atoms with Crippen LogP contribution in [0.25, 0.3) is 0 Å². The fourth-order valence-corrected chi connectivity index (χ4v) is 4.02. The van der Waals surface area contributed by atoms with Crippen molar-refractivity contribution in [2.24, 2.45) is 0 Å². The van der Waals surface area contributed by atoms with E-state index in [-0.39, 0.29) is 24.1 Å². The van der Waals surface area contributed by atoms with Gasteiger partial charge >= 0.3 is 0 Å². The molecule has 1 heterocycles. The molecule has 0 bridgehead atoms. The van der Waals surface area contributed by atoms with E-state index in [1.54, 1.807) is 12.1 Å². The topological polar surface area (TPSA) is 66.5 Å². The summed E-state index contributed by atoms with van der Waals surface area (Å²) in [6, 6.07) is 9.14. The normalized spacial score (nSPS) is 23.3. The number of hydrogen-bond donors (Lipinski definition) is 1. The summed E-state index contributed by atoms with van der Waals surface area (Å²) in [7, 11) is -3.40. The molecular weight excluding hydrogens is 276 g/mol. The van der Waals surface area contributed by atoms with Crippen LogP contribution in [0.3, 0.4) is 0 Å². The molecule has 20 heavy (non-hydrogen) atoms. The van der Waals surface area contributed by atoms with Gasteiger partial charge in [-0.2, -0.15) is 0 Å². The minimum absolute atomic E-state index is 0.0397. The lowest BCUT2D eigenvalue weighted by Gasteiger charge is -2.16.